The van der Waals surface area contributed by atoms with Crippen LogP contribution in [0.5, 0.6) is 5.75 Å². The van der Waals surface area contributed by atoms with Crippen LogP contribution in [0.4, 0.5) is 5.69 Å². The molecule has 0 heterocycles. The zero-order valence-electron chi connectivity index (χ0n) is 18.4. The second-order valence-electron chi connectivity index (χ2n) is 8.89. The number of benzene rings is 3. The third-order valence-electron chi connectivity index (χ3n) is 5.25. The Bertz CT molecular complexity index is 990. The highest BCUT2D eigenvalue weighted by atomic mass is 31.1. The quantitative estimate of drug-likeness (QED) is 0.561. The number of hydrogen-bond donors (Lipinski definition) is 1. The summed E-state index contributed by atoms with van der Waals surface area (Å²) in [7, 11) is 2.55. The van der Waals surface area contributed by atoms with Crippen molar-refractivity contribution < 1.29 is 5.11 Å². The zero-order chi connectivity index (χ0) is 21.2. The Hall–Kier alpha value is -2.31. The van der Waals surface area contributed by atoms with Gasteiger partial charge in [-0.3, -0.25) is 0 Å². The maximum absolute atomic E-state index is 11.1. The monoisotopic (exact) mass is 405 g/mol. The lowest BCUT2D eigenvalue weighted by molar-refractivity contribution is 0.450. The first-order chi connectivity index (χ1) is 13.7. The van der Waals surface area contributed by atoms with Gasteiger partial charge in [0.1, 0.15) is 5.75 Å². The molecule has 0 bridgehead atoms. The van der Waals surface area contributed by atoms with Gasteiger partial charge in [0.25, 0.3) is 0 Å². The number of phenols is 1. The normalized spacial score (nSPS) is 11.9. The summed E-state index contributed by atoms with van der Waals surface area (Å²) in [4.78, 5) is 2.31. The summed E-state index contributed by atoms with van der Waals surface area (Å²) in [6.07, 6.45) is 0. The largest absolute Gasteiger partial charge is 0.507 e. The van der Waals surface area contributed by atoms with Gasteiger partial charge in [0.15, 0.2) is 0 Å². The molecule has 0 saturated heterocycles. The summed E-state index contributed by atoms with van der Waals surface area (Å²) in [5, 5.41) is 13.4. The summed E-state index contributed by atoms with van der Waals surface area (Å²) < 4.78 is 0. The SMILES string of the molecule is Cc1cc(Pc2c(C)cccc2N(C)Cc2ccccc2)c(O)c(C(C)(C)C)c1. The van der Waals surface area contributed by atoms with Crippen molar-refractivity contribution in [1.82, 2.24) is 0 Å². The summed E-state index contributed by atoms with van der Waals surface area (Å²) >= 11 is 0. The van der Waals surface area contributed by atoms with Crippen LogP contribution in [0.2, 0.25) is 0 Å². The predicted octanol–water partition coefficient (Wildman–Crippen LogP) is 5.57. The van der Waals surface area contributed by atoms with E-state index in [4.69, 9.17) is 0 Å². The number of anilines is 1. The number of nitrogens with zero attached hydrogens (tertiary/aromatic N) is 1. The number of rotatable bonds is 5. The van der Waals surface area contributed by atoms with Crippen LogP contribution in [0.1, 0.15) is 43.0 Å². The maximum Gasteiger partial charge on any atom is 0.127 e. The Balaban J connectivity index is 2.00. The van der Waals surface area contributed by atoms with E-state index in [9.17, 15) is 5.11 Å². The Kier molecular flexibility index (Phi) is 6.34. The fourth-order valence-corrected chi connectivity index (χ4v) is 5.16. The van der Waals surface area contributed by atoms with Crippen molar-refractivity contribution in [2.75, 3.05) is 11.9 Å². The third kappa shape index (κ3) is 5.00. The van der Waals surface area contributed by atoms with E-state index in [1.165, 1.54) is 27.7 Å². The van der Waals surface area contributed by atoms with E-state index < -0.39 is 0 Å². The fourth-order valence-electron chi connectivity index (χ4n) is 3.66. The molecule has 3 heteroatoms. The van der Waals surface area contributed by atoms with Crippen LogP contribution in [0.25, 0.3) is 0 Å². The van der Waals surface area contributed by atoms with Gasteiger partial charge in [-0.15, -0.1) is 0 Å². The number of hydrogen-bond acceptors (Lipinski definition) is 2. The molecule has 0 aliphatic heterocycles. The molecule has 0 spiro atoms. The first-order valence-corrected chi connectivity index (χ1v) is 11.1. The van der Waals surface area contributed by atoms with Crippen LogP contribution < -0.4 is 15.5 Å². The van der Waals surface area contributed by atoms with E-state index >= 15 is 0 Å². The van der Waals surface area contributed by atoms with Crippen molar-refractivity contribution in [2.24, 2.45) is 0 Å². The van der Waals surface area contributed by atoms with Crippen LogP contribution in [-0.2, 0) is 12.0 Å². The predicted molar refractivity (Wildman–Crippen MR) is 129 cm³/mol. The van der Waals surface area contributed by atoms with E-state index in [0.717, 1.165) is 17.4 Å². The van der Waals surface area contributed by atoms with Gasteiger partial charge in [-0.2, -0.15) is 0 Å². The molecular formula is C26H32NOP. The second-order valence-corrected chi connectivity index (χ2v) is 10.2. The summed E-state index contributed by atoms with van der Waals surface area (Å²) in [6, 6.07) is 21.3. The Morgan fingerprint density at radius 3 is 2.28 bits per heavy atom. The fraction of sp³-hybridized carbons (Fsp3) is 0.308. The lowest BCUT2D eigenvalue weighted by Gasteiger charge is -2.26. The molecule has 3 rings (SSSR count). The third-order valence-corrected chi connectivity index (χ3v) is 6.80. The van der Waals surface area contributed by atoms with E-state index in [1.807, 2.05) is 0 Å². The molecule has 1 unspecified atom stereocenters. The average molecular weight is 406 g/mol. The molecule has 0 aromatic heterocycles. The van der Waals surface area contributed by atoms with Crippen molar-refractivity contribution in [3.05, 3.63) is 82.9 Å². The van der Waals surface area contributed by atoms with Crippen LogP contribution >= 0.6 is 8.58 Å². The van der Waals surface area contributed by atoms with Gasteiger partial charge in [-0.05, 0) is 48.1 Å². The Morgan fingerprint density at radius 2 is 1.62 bits per heavy atom. The van der Waals surface area contributed by atoms with Crippen LogP contribution in [0, 0.1) is 13.8 Å². The molecule has 3 aromatic rings. The molecule has 0 amide bonds. The zero-order valence-corrected chi connectivity index (χ0v) is 19.4. The molecule has 0 aliphatic carbocycles. The molecule has 1 atom stereocenters. The standard InChI is InChI=1S/C26H32NOP/c1-18-15-21(26(3,4)5)24(28)23(16-18)29-25-19(2)11-10-14-22(25)27(6)17-20-12-8-7-9-13-20/h7-16,28-29H,17H2,1-6H3. The van der Waals surface area contributed by atoms with E-state index in [2.05, 4.69) is 107 Å². The topological polar surface area (TPSA) is 23.5 Å². The Morgan fingerprint density at radius 1 is 0.931 bits per heavy atom. The second kappa shape index (κ2) is 8.59. The van der Waals surface area contributed by atoms with Crippen LogP contribution in [0.15, 0.2) is 60.7 Å². The van der Waals surface area contributed by atoms with Crippen LogP contribution in [-0.4, -0.2) is 12.2 Å². The highest BCUT2D eigenvalue weighted by molar-refractivity contribution is 7.56. The molecule has 3 aromatic carbocycles. The van der Waals surface area contributed by atoms with Gasteiger partial charge in [-0.25, -0.2) is 0 Å². The summed E-state index contributed by atoms with van der Waals surface area (Å²) in [5.74, 6) is 0.446. The van der Waals surface area contributed by atoms with Gasteiger partial charge in [0, 0.05) is 35.5 Å². The van der Waals surface area contributed by atoms with Gasteiger partial charge < -0.3 is 10.0 Å². The van der Waals surface area contributed by atoms with Crippen molar-refractivity contribution in [2.45, 2.75) is 46.6 Å². The minimum atomic E-state index is -0.0893. The van der Waals surface area contributed by atoms with Crippen LogP contribution in [0.3, 0.4) is 0 Å². The van der Waals surface area contributed by atoms with Crippen molar-refractivity contribution in [3.63, 3.8) is 0 Å². The molecule has 152 valence electrons. The lowest BCUT2D eigenvalue weighted by atomic mass is 9.85. The lowest BCUT2D eigenvalue weighted by Crippen LogP contribution is -2.24. The van der Waals surface area contributed by atoms with E-state index in [0.29, 0.717) is 14.3 Å². The van der Waals surface area contributed by atoms with Gasteiger partial charge in [0.2, 0.25) is 0 Å². The summed E-state index contributed by atoms with van der Waals surface area (Å²) in [6.45, 7) is 11.6. The number of aryl methyl sites for hydroxylation is 2. The first kappa shape index (κ1) is 21.4. The highest BCUT2D eigenvalue weighted by Crippen LogP contribution is 2.34. The molecule has 2 nitrogen and oxygen atoms in total. The minimum absolute atomic E-state index is 0.0893. The molecule has 0 saturated carbocycles. The Labute approximate surface area is 177 Å². The molecular weight excluding hydrogens is 373 g/mol. The molecule has 0 aliphatic rings. The molecule has 1 N–H and O–H groups in total. The highest BCUT2D eigenvalue weighted by Gasteiger charge is 2.22. The van der Waals surface area contributed by atoms with Gasteiger partial charge in [-0.1, -0.05) is 77.9 Å². The van der Waals surface area contributed by atoms with Crippen molar-refractivity contribution in [3.8, 4) is 5.75 Å². The average Bonchev–Trinajstić information content (AvgIpc) is 2.65. The molecule has 0 fully saturated rings. The van der Waals surface area contributed by atoms with E-state index in [1.54, 1.807) is 0 Å². The molecule has 0 radical (unpaired) electrons. The van der Waals surface area contributed by atoms with Crippen molar-refractivity contribution >= 4 is 24.9 Å². The first-order valence-electron chi connectivity index (χ1n) is 10.1. The summed E-state index contributed by atoms with van der Waals surface area (Å²) in [5.41, 5.74) is 5.91. The van der Waals surface area contributed by atoms with Gasteiger partial charge in [0.05, 0.1) is 0 Å². The number of phenolic OH excluding ortho intramolecular Hbond substituents is 1. The van der Waals surface area contributed by atoms with E-state index in [-0.39, 0.29) is 5.41 Å². The maximum atomic E-state index is 11.1. The number of aromatic hydroxyl groups is 1. The molecule has 29 heavy (non-hydrogen) atoms. The van der Waals surface area contributed by atoms with Crippen molar-refractivity contribution in [1.29, 1.82) is 0 Å². The minimum Gasteiger partial charge on any atom is -0.507 e. The van der Waals surface area contributed by atoms with Gasteiger partial charge >= 0.3 is 0 Å². The smallest absolute Gasteiger partial charge is 0.127 e.